The van der Waals surface area contributed by atoms with Crippen LogP contribution in [0.5, 0.6) is 0 Å². The van der Waals surface area contributed by atoms with Crippen LogP contribution in [0, 0.1) is 11.6 Å². The SMILES string of the molecule is C[C@@H](C(=O)N(C)[C@H]1CCS(=O)(=O)C1)N1CCN(C(c2ccc(F)cc2)c2ccc(F)cc2)CC1. The number of hydrogen-bond acceptors (Lipinski definition) is 5. The zero-order valence-corrected chi connectivity index (χ0v) is 20.3. The second kappa shape index (κ2) is 10.1. The van der Waals surface area contributed by atoms with Gasteiger partial charge in [-0.25, -0.2) is 17.2 Å². The van der Waals surface area contributed by atoms with Crippen LogP contribution >= 0.6 is 0 Å². The van der Waals surface area contributed by atoms with Gasteiger partial charge < -0.3 is 4.90 Å². The number of nitrogens with zero attached hydrogens (tertiary/aromatic N) is 3. The first-order valence-electron chi connectivity index (χ1n) is 11.6. The van der Waals surface area contributed by atoms with Gasteiger partial charge in [0.15, 0.2) is 9.84 Å². The highest BCUT2D eigenvalue weighted by molar-refractivity contribution is 7.91. The molecule has 0 bridgehead atoms. The van der Waals surface area contributed by atoms with Gasteiger partial charge in [0.2, 0.25) is 5.91 Å². The molecule has 2 fully saturated rings. The highest BCUT2D eigenvalue weighted by Crippen LogP contribution is 2.30. The van der Waals surface area contributed by atoms with E-state index in [9.17, 15) is 22.0 Å². The minimum Gasteiger partial charge on any atom is -0.340 e. The molecule has 0 spiro atoms. The second-order valence-corrected chi connectivity index (χ2v) is 11.5. The van der Waals surface area contributed by atoms with E-state index in [-0.39, 0.29) is 47.2 Å². The number of hydrogen-bond donors (Lipinski definition) is 0. The summed E-state index contributed by atoms with van der Waals surface area (Å²) in [5, 5.41) is 0. The summed E-state index contributed by atoms with van der Waals surface area (Å²) in [6.45, 7) is 4.54. The molecule has 2 heterocycles. The largest absolute Gasteiger partial charge is 0.340 e. The Labute approximate surface area is 200 Å². The fourth-order valence-electron chi connectivity index (χ4n) is 5.00. The fourth-order valence-corrected chi connectivity index (χ4v) is 6.77. The van der Waals surface area contributed by atoms with E-state index < -0.39 is 9.84 Å². The van der Waals surface area contributed by atoms with Gasteiger partial charge in [-0.3, -0.25) is 14.6 Å². The van der Waals surface area contributed by atoms with E-state index in [0.717, 1.165) is 11.1 Å². The van der Waals surface area contributed by atoms with Crippen LogP contribution in [0.1, 0.15) is 30.5 Å². The maximum absolute atomic E-state index is 13.5. The number of sulfone groups is 1. The van der Waals surface area contributed by atoms with E-state index in [0.29, 0.717) is 32.6 Å². The summed E-state index contributed by atoms with van der Waals surface area (Å²) in [6, 6.07) is 12.0. The lowest BCUT2D eigenvalue weighted by atomic mass is 9.96. The number of carbonyl (C=O) groups excluding carboxylic acids is 1. The van der Waals surface area contributed by atoms with Gasteiger partial charge in [-0.1, -0.05) is 24.3 Å². The molecule has 6 nitrogen and oxygen atoms in total. The Bertz CT molecular complexity index is 1060. The second-order valence-electron chi connectivity index (χ2n) is 9.26. The first-order chi connectivity index (χ1) is 16.1. The fraction of sp³-hybridized carbons (Fsp3) is 0.480. The Kier molecular flexibility index (Phi) is 7.35. The van der Waals surface area contributed by atoms with Crippen molar-refractivity contribution < 1.29 is 22.0 Å². The maximum Gasteiger partial charge on any atom is 0.239 e. The molecule has 34 heavy (non-hydrogen) atoms. The molecule has 2 aliphatic rings. The van der Waals surface area contributed by atoms with Crippen LogP contribution in [-0.4, -0.2) is 85.8 Å². The van der Waals surface area contributed by atoms with Crippen molar-refractivity contribution in [2.45, 2.75) is 31.5 Å². The van der Waals surface area contributed by atoms with Crippen LogP contribution in [0.25, 0.3) is 0 Å². The van der Waals surface area contributed by atoms with Gasteiger partial charge in [0.05, 0.1) is 23.6 Å². The summed E-state index contributed by atoms with van der Waals surface area (Å²) in [6.07, 6.45) is 0.488. The van der Waals surface area contributed by atoms with Crippen molar-refractivity contribution in [2.24, 2.45) is 0 Å². The summed E-state index contributed by atoms with van der Waals surface area (Å²) < 4.78 is 50.7. The van der Waals surface area contributed by atoms with Gasteiger partial charge in [-0.15, -0.1) is 0 Å². The molecular formula is C25H31F2N3O3S. The molecule has 2 aromatic rings. The molecule has 0 unspecified atom stereocenters. The first kappa shape index (κ1) is 24.8. The molecule has 0 aliphatic carbocycles. The third kappa shape index (κ3) is 5.47. The number of halogens is 2. The van der Waals surface area contributed by atoms with E-state index in [2.05, 4.69) is 9.80 Å². The first-order valence-corrected chi connectivity index (χ1v) is 13.4. The number of amides is 1. The van der Waals surface area contributed by atoms with Crippen LogP contribution in [0.2, 0.25) is 0 Å². The lowest BCUT2D eigenvalue weighted by molar-refractivity contribution is -0.137. The lowest BCUT2D eigenvalue weighted by Gasteiger charge is -2.42. The Balaban J connectivity index is 1.44. The summed E-state index contributed by atoms with van der Waals surface area (Å²) >= 11 is 0. The van der Waals surface area contributed by atoms with E-state index in [1.165, 1.54) is 24.3 Å². The molecule has 9 heteroatoms. The summed E-state index contributed by atoms with van der Waals surface area (Å²) in [5.74, 6) is -0.511. The van der Waals surface area contributed by atoms with Crippen LogP contribution in [0.15, 0.2) is 48.5 Å². The third-order valence-electron chi connectivity index (χ3n) is 7.09. The minimum absolute atomic E-state index is 0.0345. The van der Waals surface area contributed by atoms with Gasteiger partial charge in [0.25, 0.3) is 0 Å². The van der Waals surface area contributed by atoms with Gasteiger partial charge in [0, 0.05) is 39.3 Å². The van der Waals surface area contributed by atoms with E-state index in [4.69, 9.17) is 0 Å². The lowest BCUT2D eigenvalue weighted by Crippen LogP contribution is -2.55. The topological polar surface area (TPSA) is 60.9 Å². The number of carbonyl (C=O) groups is 1. The smallest absolute Gasteiger partial charge is 0.239 e. The highest BCUT2D eigenvalue weighted by Gasteiger charge is 2.36. The number of likely N-dealkylation sites (N-methyl/N-ethyl adjacent to an activating group) is 1. The third-order valence-corrected chi connectivity index (χ3v) is 8.84. The molecule has 2 atom stereocenters. The van der Waals surface area contributed by atoms with Gasteiger partial charge in [0.1, 0.15) is 11.6 Å². The zero-order valence-electron chi connectivity index (χ0n) is 19.5. The Hall–Kier alpha value is -2.36. The highest BCUT2D eigenvalue weighted by atomic mass is 32.2. The normalized spacial score (nSPS) is 22.1. The summed E-state index contributed by atoms with van der Waals surface area (Å²) in [7, 11) is -1.37. The molecule has 2 aromatic carbocycles. The molecular weight excluding hydrogens is 460 g/mol. The number of rotatable bonds is 6. The van der Waals surface area contributed by atoms with Crippen molar-refractivity contribution in [1.29, 1.82) is 0 Å². The van der Waals surface area contributed by atoms with Crippen molar-refractivity contribution in [2.75, 3.05) is 44.7 Å². The van der Waals surface area contributed by atoms with E-state index in [1.54, 1.807) is 36.2 Å². The van der Waals surface area contributed by atoms with Crippen molar-refractivity contribution in [3.05, 3.63) is 71.3 Å². The van der Waals surface area contributed by atoms with Crippen LogP contribution in [-0.2, 0) is 14.6 Å². The van der Waals surface area contributed by atoms with Gasteiger partial charge in [-0.05, 0) is 48.7 Å². The van der Waals surface area contributed by atoms with Crippen molar-refractivity contribution >= 4 is 15.7 Å². The molecule has 2 saturated heterocycles. The molecule has 0 saturated carbocycles. The molecule has 0 aromatic heterocycles. The zero-order chi connectivity index (χ0) is 24.5. The molecule has 4 rings (SSSR count). The molecule has 0 radical (unpaired) electrons. The standard InChI is InChI=1S/C25H31F2N3O3S/c1-18(25(31)28(2)23-11-16-34(32,33)17-23)29-12-14-30(15-13-29)24(19-3-7-21(26)8-4-19)20-5-9-22(27)10-6-20/h3-10,18,23-24H,11-17H2,1-2H3/t18-,23-/m0/s1. The molecule has 2 aliphatic heterocycles. The van der Waals surface area contributed by atoms with Crippen molar-refractivity contribution in [3.63, 3.8) is 0 Å². The monoisotopic (exact) mass is 491 g/mol. The number of benzene rings is 2. The summed E-state index contributed by atoms with van der Waals surface area (Å²) in [5.41, 5.74) is 1.85. The van der Waals surface area contributed by atoms with Crippen molar-refractivity contribution in [3.8, 4) is 0 Å². The van der Waals surface area contributed by atoms with E-state index in [1.807, 2.05) is 6.92 Å². The Morgan fingerprint density at radius 1 is 0.912 bits per heavy atom. The minimum atomic E-state index is -3.06. The maximum atomic E-state index is 13.5. The molecule has 184 valence electrons. The van der Waals surface area contributed by atoms with Gasteiger partial charge in [-0.2, -0.15) is 0 Å². The Morgan fingerprint density at radius 2 is 1.38 bits per heavy atom. The quantitative estimate of drug-likeness (QED) is 0.622. The average molecular weight is 492 g/mol. The molecule has 0 N–H and O–H groups in total. The van der Waals surface area contributed by atoms with Gasteiger partial charge >= 0.3 is 0 Å². The predicted octanol–water partition coefficient (Wildman–Crippen LogP) is 2.71. The van der Waals surface area contributed by atoms with Crippen LogP contribution in [0.4, 0.5) is 8.78 Å². The Morgan fingerprint density at radius 3 is 1.82 bits per heavy atom. The average Bonchev–Trinajstić information content (AvgIpc) is 3.20. The van der Waals surface area contributed by atoms with Crippen LogP contribution in [0.3, 0.4) is 0 Å². The molecule has 1 amide bonds. The van der Waals surface area contributed by atoms with Crippen LogP contribution < -0.4 is 0 Å². The van der Waals surface area contributed by atoms with Crippen molar-refractivity contribution in [1.82, 2.24) is 14.7 Å². The van der Waals surface area contributed by atoms with E-state index >= 15 is 0 Å². The predicted molar refractivity (Wildman–Crippen MR) is 127 cm³/mol. The summed E-state index contributed by atoms with van der Waals surface area (Å²) in [4.78, 5) is 19.0. The number of piperazine rings is 1.